The predicted octanol–water partition coefficient (Wildman–Crippen LogP) is 16.8. The molecule has 0 aromatic rings. The summed E-state index contributed by atoms with van der Waals surface area (Å²) in [7, 11) is 0. The van der Waals surface area contributed by atoms with Gasteiger partial charge in [0.15, 0.2) is 12.6 Å². The van der Waals surface area contributed by atoms with E-state index in [-0.39, 0.29) is 18.9 Å². The van der Waals surface area contributed by atoms with E-state index < -0.39 is 86.8 Å². The molecule has 2 aliphatic heterocycles. The first-order valence-corrected chi connectivity index (χ1v) is 38.3. The molecule has 2 fully saturated rings. The molecule has 2 saturated heterocycles. The third kappa shape index (κ3) is 47.1. The van der Waals surface area contributed by atoms with Crippen LogP contribution in [0.2, 0.25) is 0 Å². The van der Waals surface area contributed by atoms with Crippen molar-refractivity contribution >= 4 is 5.91 Å². The van der Waals surface area contributed by atoms with Crippen molar-refractivity contribution in [2.45, 2.75) is 364 Å². The predicted molar refractivity (Wildman–Crippen MR) is 392 cm³/mol. The van der Waals surface area contributed by atoms with Gasteiger partial charge in [-0.1, -0.05) is 315 Å². The highest BCUT2D eigenvalue weighted by molar-refractivity contribution is 5.76. The molecule has 95 heavy (non-hydrogen) atoms. The van der Waals surface area contributed by atoms with E-state index in [0.717, 1.165) is 128 Å². The van der Waals surface area contributed by atoms with Crippen LogP contribution < -0.4 is 5.32 Å². The van der Waals surface area contributed by atoms with Gasteiger partial charge in [0.2, 0.25) is 5.91 Å². The highest BCUT2D eigenvalue weighted by atomic mass is 16.7. The van der Waals surface area contributed by atoms with Gasteiger partial charge in [-0.3, -0.25) is 4.79 Å². The number of carbonyl (C=O) groups excluding carboxylic acids is 1. The van der Waals surface area contributed by atoms with E-state index in [9.17, 15) is 45.6 Å². The quantitative estimate of drug-likeness (QED) is 0.0204. The number of hydrogen-bond acceptors (Lipinski definition) is 13. The van der Waals surface area contributed by atoms with Gasteiger partial charge in [0.25, 0.3) is 0 Å². The van der Waals surface area contributed by atoms with Gasteiger partial charge in [0.05, 0.1) is 32.0 Å². The van der Waals surface area contributed by atoms with Crippen molar-refractivity contribution in [1.29, 1.82) is 0 Å². The average Bonchev–Trinajstić information content (AvgIpc) is 0.927. The molecule has 0 radical (unpaired) electrons. The maximum absolute atomic E-state index is 13.4. The normalized spacial score (nSPS) is 23.1. The first-order valence-electron chi connectivity index (χ1n) is 38.3. The minimum Gasteiger partial charge on any atom is -0.394 e. The molecule has 0 aliphatic carbocycles. The van der Waals surface area contributed by atoms with Crippen molar-refractivity contribution in [3.8, 4) is 0 Å². The molecular formula is C81H139NO13. The fourth-order valence-electron chi connectivity index (χ4n) is 11.9. The average molecular weight is 1330 g/mol. The fourth-order valence-corrected chi connectivity index (χ4v) is 11.9. The van der Waals surface area contributed by atoms with Crippen LogP contribution in [0.5, 0.6) is 0 Å². The van der Waals surface area contributed by atoms with Crippen molar-refractivity contribution in [3.05, 3.63) is 122 Å². The SMILES string of the molecule is CC/C=C\C/C=C\C/C=C\C/C=C\C/C=C\C/C=C\C/C=C\C/C=C\C/C=C\C/C=C\CCCCCCCCC(=O)NC(COC1OC(CO)C(OC2OC(CO)C(O)C(O)C2O)C(O)C1O)C(O)CCCCCCCCCCCCCCCCCCCCCCCCCC. The highest BCUT2D eigenvalue weighted by Crippen LogP contribution is 2.30. The lowest BCUT2D eigenvalue weighted by Gasteiger charge is -2.46. The van der Waals surface area contributed by atoms with E-state index >= 15 is 0 Å². The Balaban J connectivity index is 1.65. The molecule has 2 aliphatic rings. The Bertz CT molecular complexity index is 2060. The van der Waals surface area contributed by atoms with E-state index in [1.54, 1.807) is 0 Å². The summed E-state index contributed by atoms with van der Waals surface area (Å²) in [6, 6.07) is -0.848. The largest absolute Gasteiger partial charge is 0.394 e. The Kier molecular flexibility index (Phi) is 58.8. The lowest BCUT2D eigenvalue weighted by atomic mass is 9.97. The van der Waals surface area contributed by atoms with Gasteiger partial charge >= 0.3 is 0 Å². The number of ether oxygens (including phenoxy) is 4. The van der Waals surface area contributed by atoms with Gasteiger partial charge in [-0.2, -0.15) is 0 Å². The van der Waals surface area contributed by atoms with E-state index in [0.29, 0.717) is 12.8 Å². The third-order valence-electron chi connectivity index (χ3n) is 17.9. The Morgan fingerprint density at radius 1 is 0.389 bits per heavy atom. The van der Waals surface area contributed by atoms with E-state index in [1.165, 1.54) is 128 Å². The van der Waals surface area contributed by atoms with Gasteiger partial charge in [-0.05, 0) is 89.9 Å². The van der Waals surface area contributed by atoms with Crippen LogP contribution in [0.15, 0.2) is 122 Å². The van der Waals surface area contributed by atoms with Crippen molar-refractivity contribution in [1.82, 2.24) is 5.32 Å². The highest BCUT2D eigenvalue weighted by Gasteiger charge is 2.51. The van der Waals surface area contributed by atoms with Crippen molar-refractivity contribution < 1.29 is 64.6 Å². The maximum Gasteiger partial charge on any atom is 0.220 e. The number of unbranched alkanes of at least 4 members (excludes halogenated alkanes) is 29. The molecule has 2 heterocycles. The van der Waals surface area contributed by atoms with Gasteiger partial charge in [0.1, 0.15) is 48.8 Å². The Morgan fingerprint density at radius 3 is 1.12 bits per heavy atom. The summed E-state index contributed by atoms with van der Waals surface area (Å²) in [4.78, 5) is 13.4. The second kappa shape index (κ2) is 63.8. The minimum atomic E-state index is -1.79. The van der Waals surface area contributed by atoms with Crippen LogP contribution in [0.25, 0.3) is 0 Å². The standard InChI is InChI=1S/C81H139NO13/c1-3-5-7-9-11-13-15-17-19-21-23-25-27-29-30-31-32-33-34-35-36-37-38-39-40-41-43-45-47-49-51-53-55-57-59-61-63-65-73(86)82-69(68-92-80-78(91)76(89)79(72(67-84)94-80)95-81-77(90)75(88)74(87)71(66-83)93-81)70(85)64-62-60-58-56-54-52-50-48-46-44-42-28-26-24-22-20-18-16-14-12-10-8-6-4-2/h5,7,11,13,17,19,23,25,29-30,32-33,35-36,38-39,41,43,47,49,69-72,74-81,83-85,87-91H,3-4,6,8-10,12,14-16,18,20-22,24,26-28,31,34,37,40,42,44-46,48,50-68H2,1-2H3,(H,82,86)/b7-5-,13-11-,19-17-,25-23-,30-29-,33-32-,36-35-,39-38-,43-41-,49-47-. The fraction of sp³-hybridized carbons (Fsp3) is 0.741. The first kappa shape index (κ1) is 87.5. The molecule has 12 unspecified atom stereocenters. The number of rotatable bonds is 62. The smallest absolute Gasteiger partial charge is 0.220 e. The Labute approximate surface area is 578 Å². The molecule has 0 aromatic carbocycles. The van der Waals surface area contributed by atoms with Gasteiger partial charge in [-0.25, -0.2) is 0 Å². The molecule has 0 aromatic heterocycles. The molecule has 546 valence electrons. The molecule has 9 N–H and O–H groups in total. The summed E-state index contributed by atoms with van der Waals surface area (Å²) in [6.45, 7) is 2.76. The summed E-state index contributed by atoms with van der Waals surface area (Å²) in [5.74, 6) is -0.223. The minimum absolute atomic E-state index is 0.223. The van der Waals surface area contributed by atoms with E-state index in [4.69, 9.17) is 18.9 Å². The number of nitrogens with one attached hydrogen (secondary N) is 1. The second-order valence-corrected chi connectivity index (χ2v) is 26.4. The number of aliphatic hydroxyl groups excluding tert-OH is 8. The topological polar surface area (TPSA) is 228 Å². The molecule has 0 bridgehead atoms. The monoisotopic (exact) mass is 1330 g/mol. The van der Waals surface area contributed by atoms with E-state index in [1.807, 2.05) is 0 Å². The van der Waals surface area contributed by atoms with Crippen LogP contribution in [0.3, 0.4) is 0 Å². The second-order valence-electron chi connectivity index (χ2n) is 26.4. The molecule has 1 amide bonds. The van der Waals surface area contributed by atoms with Crippen LogP contribution in [-0.2, 0) is 23.7 Å². The molecule has 0 saturated carbocycles. The van der Waals surface area contributed by atoms with Crippen LogP contribution in [0.4, 0.5) is 0 Å². The van der Waals surface area contributed by atoms with Crippen LogP contribution in [-0.4, -0.2) is 140 Å². The number of allylic oxidation sites excluding steroid dienone is 20. The summed E-state index contributed by atoms with van der Waals surface area (Å²) in [5.41, 5.74) is 0. The zero-order valence-electron chi connectivity index (χ0n) is 59.6. The lowest BCUT2D eigenvalue weighted by Crippen LogP contribution is -2.65. The van der Waals surface area contributed by atoms with Crippen LogP contribution >= 0.6 is 0 Å². The Morgan fingerprint density at radius 2 is 0.726 bits per heavy atom. The molecule has 12 atom stereocenters. The van der Waals surface area contributed by atoms with Crippen molar-refractivity contribution in [2.24, 2.45) is 0 Å². The summed E-state index contributed by atoms with van der Waals surface area (Å²) >= 11 is 0. The van der Waals surface area contributed by atoms with Gasteiger partial charge in [-0.15, -0.1) is 0 Å². The molecule has 2 rings (SSSR count). The summed E-state index contributed by atoms with van der Waals surface area (Å²) < 4.78 is 22.9. The third-order valence-corrected chi connectivity index (χ3v) is 17.9. The first-order chi connectivity index (χ1) is 46.6. The Hall–Kier alpha value is -3.61. The zero-order chi connectivity index (χ0) is 68.7. The van der Waals surface area contributed by atoms with Gasteiger partial charge < -0.3 is 65.1 Å². The summed E-state index contributed by atoms with van der Waals surface area (Å²) in [5, 5.41) is 87.8. The molecule has 0 spiro atoms. The number of aliphatic hydroxyl groups is 8. The molecule has 14 nitrogen and oxygen atoms in total. The number of carbonyl (C=O) groups is 1. The van der Waals surface area contributed by atoms with E-state index in [2.05, 4.69) is 141 Å². The maximum atomic E-state index is 13.4. The van der Waals surface area contributed by atoms with Crippen molar-refractivity contribution in [3.63, 3.8) is 0 Å². The van der Waals surface area contributed by atoms with Gasteiger partial charge in [0, 0.05) is 6.42 Å². The lowest BCUT2D eigenvalue weighted by molar-refractivity contribution is -0.359. The number of amides is 1. The van der Waals surface area contributed by atoms with Crippen molar-refractivity contribution in [2.75, 3.05) is 19.8 Å². The van der Waals surface area contributed by atoms with Crippen LogP contribution in [0.1, 0.15) is 290 Å². The van der Waals surface area contributed by atoms with Crippen LogP contribution in [0, 0.1) is 0 Å². The molecular weight excluding hydrogens is 1190 g/mol. The molecule has 14 heteroatoms. The number of hydrogen-bond donors (Lipinski definition) is 9. The summed E-state index contributed by atoms with van der Waals surface area (Å²) in [6.07, 6.45) is 76.4. The zero-order valence-corrected chi connectivity index (χ0v) is 59.6.